The third-order valence-electron chi connectivity index (χ3n) is 5.73. The van der Waals surface area contributed by atoms with Gasteiger partial charge in [0.1, 0.15) is 0 Å². The van der Waals surface area contributed by atoms with Gasteiger partial charge in [0, 0.05) is 22.5 Å². The van der Waals surface area contributed by atoms with Crippen molar-refractivity contribution in [3.8, 4) is 11.5 Å². The predicted octanol–water partition coefficient (Wildman–Crippen LogP) is 5.41. The summed E-state index contributed by atoms with van der Waals surface area (Å²) in [5, 5.41) is 1.43. The molecule has 0 amide bonds. The Labute approximate surface area is 155 Å². The Morgan fingerprint density at radius 1 is 1.00 bits per heavy atom. The fourth-order valence-electron chi connectivity index (χ4n) is 4.32. The molecular weight excluding hydrogens is 322 g/mol. The number of fused-ring (bicyclic) bond motifs is 3. The summed E-state index contributed by atoms with van der Waals surface area (Å²) < 4.78 is 10.8. The van der Waals surface area contributed by atoms with Gasteiger partial charge < -0.3 is 14.5 Å². The lowest BCUT2D eigenvalue weighted by Gasteiger charge is -2.23. The zero-order valence-corrected chi connectivity index (χ0v) is 15.9. The number of rotatable bonds is 5. The van der Waals surface area contributed by atoms with E-state index in [0.717, 1.165) is 24.3 Å². The molecule has 1 heterocycles. The molecule has 4 rings (SSSR count). The lowest BCUT2D eigenvalue weighted by molar-refractivity contribution is 0.354. The van der Waals surface area contributed by atoms with Crippen molar-refractivity contribution in [2.45, 2.75) is 44.9 Å². The number of hydrogen-bond donors (Lipinski definition) is 1. The molecule has 0 saturated carbocycles. The van der Waals surface area contributed by atoms with Crippen molar-refractivity contribution in [1.29, 1.82) is 0 Å². The second-order valence-corrected chi connectivity index (χ2v) is 7.23. The molecule has 0 radical (unpaired) electrons. The fraction of sp³-hybridized carbons (Fsp3) is 0.391. The number of aromatic amines is 1. The van der Waals surface area contributed by atoms with Crippen LogP contribution in [0, 0.1) is 0 Å². The maximum absolute atomic E-state index is 5.48. The van der Waals surface area contributed by atoms with Crippen LogP contribution in [0.4, 0.5) is 0 Å². The Balaban J connectivity index is 1.68. The Kier molecular flexibility index (Phi) is 4.62. The van der Waals surface area contributed by atoms with Gasteiger partial charge in [-0.05, 0) is 73.1 Å². The number of methoxy groups -OCH3 is 2. The molecule has 3 aromatic rings. The van der Waals surface area contributed by atoms with Crippen LogP contribution in [-0.2, 0) is 19.3 Å². The van der Waals surface area contributed by atoms with Crippen molar-refractivity contribution in [1.82, 2.24) is 4.98 Å². The minimum Gasteiger partial charge on any atom is -0.493 e. The van der Waals surface area contributed by atoms with Crippen LogP contribution in [0.25, 0.3) is 10.9 Å². The predicted molar refractivity (Wildman–Crippen MR) is 107 cm³/mol. The molecular formula is C23H27NO2. The van der Waals surface area contributed by atoms with Gasteiger partial charge in [-0.2, -0.15) is 0 Å². The molecule has 136 valence electrons. The first-order chi connectivity index (χ1) is 12.7. The molecule has 0 fully saturated rings. The quantitative estimate of drug-likeness (QED) is 0.668. The molecule has 1 aliphatic carbocycles. The second kappa shape index (κ2) is 7.06. The molecule has 0 aliphatic heterocycles. The first kappa shape index (κ1) is 17.0. The number of nitrogens with one attached hydrogen (secondary N) is 1. The summed E-state index contributed by atoms with van der Waals surface area (Å²) in [4.78, 5) is 3.73. The topological polar surface area (TPSA) is 34.2 Å². The van der Waals surface area contributed by atoms with Gasteiger partial charge in [-0.3, -0.25) is 0 Å². The molecule has 1 atom stereocenters. The summed E-state index contributed by atoms with van der Waals surface area (Å²) in [6.45, 7) is 2.22. The van der Waals surface area contributed by atoms with Gasteiger partial charge in [0.05, 0.1) is 14.2 Å². The summed E-state index contributed by atoms with van der Waals surface area (Å²) >= 11 is 0. The van der Waals surface area contributed by atoms with E-state index in [-0.39, 0.29) is 0 Å². The number of ether oxygens (including phenoxy) is 2. The van der Waals surface area contributed by atoms with Crippen LogP contribution < -0.4 is 9.47 Å². The van der Waals surface area contributed by atoms with Gasteiger partial charge in [0.25, 0.3) is 0 Å². The molecule has 0 saturated heterocycles. The number of hydrogen-bond acceptors (Lipinski definition) is 2. The minimum atomic E-state index is 0.536. The number of H-pyrrole nitrogens is 1. The third-order valence-corrected chi connectivity index (χ3v) is 5.73. The number of aromatic nitrogens is 1. The zero-order valence-electron chi connectivity index (χ0n) is 15.9. The van der Waals surface area contributed by atoms with Gasteiger partial charge in [0.2, 0.25) is 0 Å². The lowest BCUT2D eigenvalue weighted by atomic mass is 9.83. The largest absolute Gasteiger partial charge is 0.493 e. The Bertz CT molecular complexity index is 925. The highest BCUT2D eigenvalue weighted by atomic mass is 16.5. The SMILES string of the molecule is CCc1ccc2[nH]c3c(c2c1)CCCC3Cc1ccc(OC)c(OC)c1. The Morgan fingerprint density at radius 3 is 2.58 bits per heavy atom. The molecule has 1 aromatic heterocycles. The van der Waals surface area contributed by atoms with Crippen molar-refractivity contribution >= 4 is 10.9 Å². The number of benzene rings is 2. The zero-order chi connectivity index (χ0) is 18.1. The van der Waals surface area contributed by atoms with Crippen molar-refractivity contribution in [2.24, 2.45) is 0 Å². The van der Waals surface area contributed by atoms with E-state index in [4.69, 9.17) is 9.47 Å². The minimum absolute atomic E-state index is 0.536. The summed E-state index contributed by atoms with van der Waals surface area (Å²) in [5.74, 6) is 2.14. The lowest BCUT2D eigenvalue weighted by Crippen LogP contribution is -2.11. The third kappa shape index (κ3) is 2.96. The maximum Gasteiger partial charge on any atom is 0.160 e. The van der Waals surface area contributed by atoms with E-state index >= 15 is 0 Å². The van der Waals surface area contributed by atoms with Crippen LogP contribution in [0.15, 0.2) is 36.4 Å². The van der Waals surface area contributed by atoms with Crippen molar-refractivity contribution in [3.05, 3.63) is 58.8 Å². The highest BCUT2D eigenvalue weighted by molar-refractivity contribution is 5.86. The van der Waals surface area contributed by atoms with Crippen LogP contribution in [0.3, 0.4) is 0 Å². The smallest absolute Gasteiger partial charge is 0.160 e. The molecule has 2 aromatic carbocycles. The van der Waals surface area contributed by atoms with Crippen molar-refractivity contribution in [3.63, 3.8) is 0 Å². The van der Waals surface area contributed by atoms with E-state index in [1.165, 1.54) is 52.5 Å². The molecule has 1 N–H and O–H groups in total. The maximum atomic E-state index is 5.48. The summed E-state index contributed by atoms with van der Waals surface area (Å²) in [5.41, 5.74) is 6.97. The summed E-state index contributed by atoms with van der Waals surface area (Å²) in [6, 6.07) is 13.2. The monoisotopic (exact) mass is 349 g/mol. The van der Waals surface area contributed by atoms with Crippen LogP contribution >= 0.6 is 0 Å². The molecule has 26 heavy (non-hydrogen) atoms. The molecule has 3 nitrogen and oxygen atoms in total. The van der Waals surface area contributed by atoms with E-state index in [0.29, 0.717) is 5.92 Å². The standard InChI is InChI=1S/C23H27NO2/c1-4-15-8-10-20-19(13-15)18-7-5-6-17(23(18)24-20)12-16-9-11-21(25-2)22(14-16)26-3/h8-11,13-14,17,24H,4-7,12H2,1-3H3. The van der Waals surface area contributed by atoms with E-state index in [1.54, 1.807) is 14.2 Å². The van der Waals surface area contributed by atoms with E-state index in [1.807, 2.05) is 6.07 Å². The number of aryl methyl sites for hydroxylation is 2. The summed E-state index contributed by atoms with van der Waals surface area (Å²) in [6.07, 6.45) is 5.79. The molecule has 3 heteroatoms. The Morgan fingerprint density at radius 2 is 1.81 bits per heavy atom. The van der Waals surface area contributed by atoms with Gasteiger partial charge in [-0.25, -0.2) is 0 Å². The Hall–Kier alpha value is -2.42. The first-order valence-corrected chi connectivity index (χ1v) is 9.57. The molecule has 1 unspecified atom stereocenters. The van der Waals surface area contributed by atoms with Crippen molar-refractivity contribution in [2.75, 3.05) is 14.2 Å². The van der Waals surface area contributed by atoms with Gasteiger partial charge in [-0.1, -0.05) is 19.1 Å². The van der Waals surface area contributed by atoms with Crippen LogP contribution in [0.5, 0.6) is 11.5 Å². The normalized spacial score (nSPS) is 16.5. The summed E-state index contributed by atoms with van der Waals surface area (Å²) in [7, 11) is 3.38. The van der Waals surface area contributed by atoms with E-state index in [2.05, 4.69) is 42.2 Å². The average Bonchev–Trinajstić information content (AvgIpc) is 3.06. The average molecular weight is 349 g/mol. The molecule has 0 bridgehead atoms. The van der Waals surface area contributed by atoms with Crippen LogP contribution in [0.2, 0.25) is 0 Å². The van der Waals surface area contributed by atoms with E-state index in [9.17, 15) is 0 Å². The molecule has 0 spiro atoms. The van der Waals surface area contributed by atoms with Gasteiger partial charge >= 0.3 is 0 Å². The van der Waals surface area contributed by atoms with E-state index < -0.39 is 0 Å². The highest BCUT2D eigenvalue weighted by Gasteiger charge is 2.25. The van der Waals surface area contributed by atoms with Crippen molar-refractivity contribution < 1.29 is 9.47 Å². The van der Waals surface area contributed by atoms with Crippen LogP contribution in [-0.4, -0.2) is 19.2 Å². The highest BCUT2D eigenvalue weighted by Crippen LogP contribution is 2.39. The fourth-order valence-corrected chi connectivity index (χ4v) is 4.32. The first-order valence-electron chi connectivity index (χ1n) is 9.57. The van der Waals surface area contributed by atoms with Gasteiger partial charge in [0.15, 0.2) is 11.5 Å². The van der Waals surface area contributed by atoms with Crippen LogP contribution in [0.1, 0.15) is 48.1 Å². The molecule has 1 aliphatic rings. The van der Waals surface area contributed by atoms with Gasteiger partial charge in [-0.15, -0.1) is 0 Å². The second-order valence-electron chi connectivity index (χ2n) is 7.23.